The van der Waals surface area contributed by atoms with Gasteiger partial charge in [0, 0.05) is 44.5 Å². The second kappa shape index (κ2) is 8.98. The van der Waals surface area contributed by atoms with E-state index in [2.05, 4.69) is 46.3 Å². The van der Waals surface area contributed by atoms with Crippen molar-refractivity contribution >= 4 is 24.0 Å². The molecule has 2 atom stereocenters. The molecule has 0 radical (unpaired) electrons. The minimum absolute atomic E-state index is 0. The van der Waals surface area contributed by atoms with Gasteiger partial charge in [0.05, 0.1) is 6.04 Å². The van der Waals surface area contributed by atoms with Crippen molar-refractivity contribution in [1.82, 2.24) is 10.2 Å². The molecule has 1 aliphatic heterocycles. The Bertz CT molecular complexity index is 447. The van der Waals surface area contributed by atoms with Crippen LogP contribution in [-0.4, -0.2) is 55.6 Å². The summed E-state index contributed by atoms with van der Waals surface area (Å²) in [6.07, 6.45) is 0. The Morgan fingerprint density at radius 1 is 1.18 bits per heavy atom. The highest BCUT2D eigenvalue weighted by Crippen LogP contribution is 2.16. The second-order valence-corrected chi connectivity index (χ2v) is 5.74. The zero-order chi connectivity index (χ0) is 15.2. The molecule has 1 saturated heterocycles. The lowest BCUT2D eigenvalue weighted by Gasteiger charge is -2.39. The minimum Gasteiger partial charge on any atom is -0.369 e. The van der Waals surface area contributed by atoms with Gasteiger partial charge in [0.2, 0.25) is 5.91 Å². The normalized spacial score (nSPS) is 18.2. The van der Waals surface area contributed by atoms with Crippen LogP contribution in [0.15, 0.2) is 30.3 Å². The Hall–Kier alpha value is -1.30. The monoisotopic (exact) mass is 326 g/mol. The van der Waals surface area contributed by atoms with Crippen LogP contribution < -0.4 is 16.0 Å². The van der Waals surface area contributed by atoms with Gasteiger partial charge in [0.25, 0.3) is 0 Å². The number of anilines is 1. The van der Waals surface area contributed by atoms with E-state index in [1.165, 1.54) is 5.69 Å². The van der Waals surface area contributed by atoms with Crippen LogP contribution in [0.1, 0.15) is 13.8 Å². The topological polar surface area (TPSA) is 61.6 Å². The summed E-state index contributed by atoms with van der Waals surface area (Å²) in [6.45, 7) is 8.60. The van der Waals surface area contributed by atoms with Crippen molar-refractivity contribution in [2.45, 2.75) is 25.9 Å². The fourth-order valence-electron chi connectivity index (χ4n) is 2.60. The summed E-state index contributed by atoms with van der Waals surface area (Å²) in [7, 11) is 0. The Kier molecular flexibility index (Phi) is 7.65. The maximum atomic E-state index is 11.5. The van der Waals surface area contributed by atoms with Gasteiger partial charge >= 0.3 is 0 Å². The van der Waals surface area contributed by atoms with Crippen LogP contribution in [0.25, 0.3) is 0 Å². The summed E-state index contributed by atoms with van der Waals surface area (Å²) in [5.41, 5.74) is 6.84. The third-order valence-corrected chi connectivity index (χ3v) is 4.04. The summed E-state index contributed by atoms with van der Waals surface area (Å²) in [5, 5.41) is 2.90. The molecule has 1 aromatic rings. The smallest absolute Gasteiger partial charge is 0.236 e. The fourth-order valence-corrected chi connectivity index (χ4v) is 2.60. The molecule has 1 aromatic carbocycles. The number of nitrogens with zero attached hydrogens (tertiary/aromatic N) is 2. The molecule has 0 bridgehead atoms. The van der Waals surface area contributed by atoms with Gasteiger partial charge in [0.1, 0.15) is 0 Å². The van der Waals surface area contributed by atoms with Gasteiger partial charge in [-0.2, -0.15) is 0 Å². The van der Waals surface area contributed by atoms with E-state index in [4.69, 9.17) is 5.73 Å². The summed E-state index contributed by atoms with van der Waals surface area (Å²) >= 11 is 0. The number of nitrogens with two attached hydrogens (primary N) is 1. The van der Waals surface area contributed by atoms with Crippen molar-refractivity contribution in [3.8, 4) is 0 Å². The number of carbonyl (C=O) groups is 1. The van der Waals surface area contributed by atoms with Gasteiger partial charge in [-0.1, -0.05) is 18.2 Å². The molecule has 1 heterocycles. The van der Waals surface area contributed by atoms with Crippen LogP contribution in [0.5, 0.6) is 0 Å². The number of amides is 1. The average molecular weight is 327 g/mol. The summed E-state index contributed by atoms with van der Waals surface area (Å²) in [6, 6.07) is 10.4. The third kappa shape index (κ3) is 5.16. The van der Waals surface area contributed by atoms with Crippen molar-refractivity contribution in [1.29, 1.82) is 0 Å². The standard InChI is InChI=1S/C16H26N4O.ClH/c1-13(12-18-16(21)14(2)17)19-8-10-20(11-9-19)15-6-4-3-5-7-15;/h3-7,13-14H,8-12,17H2,1-2H3,(H,18,21);1H. The number of benzene rings is 1. The van der Waals surface area contributed by atoms with Crippen LogP contribution in [0.3, 0.4) is 0 Å². The first-order valence-corrected chi connectivity index (χ1v) is 7.65. The number of halogens is 1. The van der Waals surface area contributed by atoms with E-state index in [1.807, 2.05) is 6.07 Å². The van der Waals surface area contributed by atoms with Gasteiger partial charge in [0.15, 0.2) is 0 Å². The van der Waals surface area contributed by atoms with Crippen molar-refractivity contribution < 1.29 is 4.79 Å². The highest BCUT2D eigenvalue weighted by Gasteiger charge is 2.21. The molecule has 3 N–H and O–H groups in total. The number of para-hydroxylation sites is 1. The summed E-state index contributed by atoms with van der Waals surface area (Å²) in [4.78, 5) is 16.3. The molecule has 22 heavy (non-hydrogen) atoms. The van der Waals surface area contributed by atoms with Gasteiger partial charge in [-0.3, -0.25) is 9.69 Å². The Morgan fingerprint density at radius 2 is 1.77 bits per heavy atom. The highest BCUT2D eigenvalue weighted by molar-refractivity contribution is 5.85. The van der Waals surface area contributed by atoms with Crippen molar-refractivity contribution in [2.24, 2.45) is 5.73 Å². The number of carbonyl (C=O) groups excluding carboxylic acids is 1. The Balaban J connectivity index is 0.00000242. The zero-order valence-electron chi connectivity index (χ0n) is 13.4. The maximum Gasteiger partial charge on any atom is 0.236 e. The molecule has 124 valence electrons. The Morgan fingerprint density at radius 3 is 2.32 bits per heavy atom. The molecule has 0 spiro atoms. The lowest BCUT2D eigenvalue weighted by molar-refractivity contribution is -0.122. The van der Waals surface area contributed by atoms with E-state index < -0.39 is 6.04 Å². The molecular formula is C16H27ClN4O. The number of rotatable bonds is 5. The molecule has 6 heteroatoms. The van der Waals surface area contributed by atoms with Crippen LogP contribution in [-0.2, 0) is 4.79 Å². The minimum atomic E-state index is -0.438. The van der Waals surface area contributed by atoms with E-state index in [9.17, 15) is 4.79 Å². The van der Waals surface area contributed by atoms with E-state index in [0.29, 0.717) is 12.6 Å². The molecule has 1 fully saturated rings. The molecule has 0 aromatic heterocycles. The van der Waals surface area contributed by atoms with Crippen LogP contribution in [0.2, 0.25) is 0 Å². The second-order valence-electron chi connectivity index (χ2n) is 5.74. The fraction of sp³-hybridized carbons (Fsp3) is 0.562. The van der Waals surface area contributed by atoms with E-state index >= 15 is 0 Å². The number of nitrogens with one attached hydrogen (secondary N) is 1. The first-order valence-electron chi connectivity index (χ1n) is 7.65. The van der Waals surface area contributed by atoms with Crippen LogP contribution >= 0.6 is 12.4 Å². The highest BCUT2D eigenvalue weighted by atomic mass is 35.5. The van der Waals surface area contributed by atoms with Gasteiger partial charge in [-0.05, 0) is 26.0 Å². The average Bonchev–Trinajstić information content (AvgIpc) is 2.53. The predicted octanol–water partition coefficient (Wildman–Crippen LogP) is 1.08. The largest absolute Gasteiger partial charge is 0.369 e. The van der Waals surface area contributed by atoms with Gasteiger partial charge in [-0.25, -0.2) is 0 Å². The lowest BCUT2D eigenvalue weighted by Crippen LogP contribution is -2.53. The molecule has 2 rings (SSSR count). The molecule has 0 aliphatic carbocycles. The molecular weight excluding hydrogens is 300 g/mol. The van der Waals surface area contributed by atoms with Crippen molar-refractivity contribution in [2.75, 3.05) is 37.6 Å². The van der Waals surface area contributed by atoms with Crippen LogP contribution in [0, 0.1) is 0 Å². The number of hydrogen-bond donors (Lipinski definition) is 2. The number of piperazine rings is 1. The number of hydrogen-bond acceptors (Lipinski definition) is 4. The predicted molar refractivity (Wildman–Crippen MR) is 93.6 cm³/mol. The van der Waals surface area contributed by atoms with Crippen molar-refractivity contribution in [3.63, 3.8) is 0 Å². The van der Waals surface area contributed by atoms with E-state index in [0.717, 1.165) is 26.2 Å². The molecule has 2 unspecified atom stereocenters. The van der Waals surface area contributed by atoms with Crippen LogP contribution in [0.4, 0.5) is 5.69 Å². The van der Waals surface area contributed by atoms with E-state index in [-0.39, 0.29) is 18.3 Å². The quantitative estimate of drug-likeness (QED) is 0.850. The van der Waals surface area contributed by atoms with Gasteiger partial charge < -0.3 is 16.0 Å². The zero-order valence-corrected chi connectivity index (χ0v) is 14.2. The van der Waals surface area contributed by atoms with E-state index in [1.54, 1.807) is 6.92 Å². The molecule has 1 aliphatic rings. The van der Waals surface area contributed by atoms with Gasteiger partial charge in [-0.15, -0.1) is 12.4 Å². The Labute approximate surface area is 139 Å². The molecule has 1 amide bonds. The molecule has 0 saturated carbocycles. The summed E-state index contributed by atoms with van der Waals surface area (Å²) in [5.74, 6) is -0.0789. The molecule has 5 nitrogen and oxygen atoms in total. The lowest BCUT2D eigenvalue weighted by atomic mass is 10.2. The first kappa shape index (κ1) is 18.7. The maximum absolute atomic E-state index is 11.5. The SMILES string of the molecule is CC(N)C(=O)NCC(C)N1CCN(c2ccccc2)CC1.Cl. The third-order valence-electron chi connectivity index (χ3n) is 4.04. The van der Waals surface area contributed by atoms with Crippen molar-refractivity contribution in [3.05, 3.63) is 30.3 Å². The summed E-state index contributed by atoms with van der Waals surface area (Å²) < 4.78 is 0. The first-order chi connectivity index (χ1) is 10.1.